The molecule has 186 valence electrons. The van der Waals surface area contributed by atoms with Crippen LogP contribution in [0.1, 0.15) is 19.4 Å². The number of sulfonamides is 1. The average Bonchev–Trinajstić information content (AvgIpc) is 2.86. The van der Waals surface area contributed by atoms with Gasteiger partial charge in [-0.05, 0) is 17.7 Å². The van der Waals surface area contributed by atoms with Crippen LogP contribution in [0.2, 0.25) is 0 Å². The fourth-order valence-electron chi connectivity index (χ4n) is 4.44. The maximum Gasteiger partial charge on any atom is 0.251 e. The fourth-order valence-corrected chi connectivity index (χ4v) is 5.91. The predicted molar refractivity (Wildman–Crippen MR) is 134 cm³/mol. The molecule has 0 radical (unpaired) electrons. The molecule has 0 aliphatic carbocycles. The van der Waals surface area contributed by atoms with Crippen LogP contribution in [0, 0.1) is 0 Å². The summed E-state index contributed by atoms with van der Waals surface area (Å²) in [6.45, 7) is 7.25. The van der Waals surface area contributed by atoms with Crippen molar-refractivity contribution in [2.75, 3.05) is 39.3 Å². The van der Waals surface area contributed by atoms with Crippen LogP contribution in [-0.4, -0.2) is 77.2 Å². The van der Waals surface area contributed by atoms with Gasteiger partial charge in [0.1, 0.15) is 6.54 Å². The average molecular weight is 498 g/mol. The van der Waals surface area contributed by atoms with Gasteiger partial charge >= 0.3 is 0 Å². The molecule has 0 saturated carbocycles. The van der Waals surface area contributed by atoms with E-state index in [0.717, 1.165) is 23.0 Å². The molecule has 0 bridgehead atoms. The highest BCUT2D eigenvalue weighted by Gasteiger charge is 2.25. The molecular weight excluding hydrogens is 466 g/mol. The Bertz CT molecular complexity index is 1350. The zero-order valence-electron chi connectivity index (χ0n) is 20.1. The SMILES string of the molecule is CCN(CC)S(=O)(=O)c1ccc(=O)n(CC(=O)N2CCN(Cc3cccc4cccnc34)CC2)c1. The summed E-state index contributed by atoms with van der Waals surface area (Å²) in [4.78, 5) is 33.9. The minimum absolute atomic E-state index is 0.0158. The van der Waals surface area contributed by atoms with Gasteiger partial charge in [0, 0.05) is 69.7 Å². The standard InChI is InChI=1S/C25H31N5O4S/c1-3-30(4-2)35(33,34)22-10-11-23(31)29(18-22)19-24(32)28-15-13-27(14-16-28)17-21-8-5-7-20-9-6-12-26-25(20)21/h5-12,18H,3-4,13-17,19H2,1-2H3. The number of amides is 1. The van der Waals surface area contributed by atoms with Crippen LogP contribution < -0.4 is 5.56 Å². The molecule has 1 fully saturated rings. The van der Waals surface area contributed by atoms with Crippen LogP contribution in [0.25, 0.3) is 10.9 Å². The summed E-state index contributed by atoms with van der Waals surface area (Å²) in [5, 5.41) is 1.11. The van der Waals surface area contributed by atoms with Gasteiger partial charge in [0.25, 0.3) is 5.56 Å². The number of benzene rings is 1. The Kier molecular flexibility index (Phi) is 7.63. The summed E-state index contributed by atoms with van der Waals surface area (Å²) in [5.74, 6) is -0.198. The Morgan fingerprint density at radius 3 is 2.43 bits per heavy atom. The molecule has 0 atom stereocenters. The number of rotatable bonds is 8. The van der Waals surface area contributed by atoms with E-state index in [1.807, 2.05) is 24.3 Å². The zero-order valence-corrected chi connectivity index (χ0v) is 20.9. The van der Waals surface area contributed by atoms with E-state index in [4.69, 9.17) is 0 Å². The number of para-hydroxylation sites is 1. The monoisotopic (exact) mass is 497 g/mol. The summed E-state index contributed by atoms with van der Waals surface area (Å²) in [5.41, 5.74) is 1.74. The highest BCUT2D eigenvalue weighted by molar-refractivity contribution is 7.89. The summed E-state index contributed by atoms with van der Waals surface area (Å²) >= 11 is 0. The van der Waals surface area contributed by atoms with Gasteiger partial charge in [0.05, 0.1) is 10.4 Å². The molecule has 4 rings (SSSR count). The van der Waals surface area contributed by atoms with Crippen LogP contribution in [0.5, 0.6) is 0 Å². The van der Waals surface area contributed by atoms with Crippen molar-refractivity contribution in [3.8, 4) is 0 Å². The Morgan fingerprint density at radius 2 is 1.71 bits per heavy atom. The van der Waals surface area contributed by atoms with Crippen LogP contribution in [0.4, 0.5) is 0 Å². The molecule has 1 aliphatic heterocycles. The first-order chi connectivity index (χ1) is 16.8. The molecule has 1 aliphatic rings. The Morgan fingerprint density at radius 1 is 1.00 bits per heavy atom. The number of aromatic nitrogens is 2. The molecule has 35 heavy (non-hydrogen) atoms. The van der Waals surface area contributed by atoms with Crippen LogP contribution in [-0.2, 0) is 27.9 Å². The Hall–Kier alpha value is -3.08. The molecule has 0 N–H and O–H groups in total. The quantitative estimate of drug-likeness (QED) is 0.471. The van der Waals surface area contributed by atoms with Crippen molar-refractivity contribution in [1.29, 1.82) is 0 Å². The normalized spacial score (nSPS) is 15.1. The number of pyridine rings is 2. The van der Waals surface area contributed by atoms with E-state index in [-0.39, 0.29) is 17.3 Å². The lowest BCUT2D eigenvalue weighted by atomic mass is 10.1. The largest absolute Gasteiger partial charge is 0.339 e. The van der Waals surface area contributed by atoms with Crippen molar-refractivity contribution in [1.82, 2.24) is 23.7 Å². The predicted octanol–water partition coefficient (Wildman–Crippen LogP) is 1.77. The maximum absolute atomic E-state index is 12.9. The van der Waals surface area contributed by atoms with E-state index in [2.05, 4.69) is 16.0 Å². The summed E-state index contributed by atoms with van der Waals surface area (Å²) in [6, 6.07) is 12.7. The van der Waals surface area contributed by atoms with Gasteiger partial charge in [0.15, 0.2) is 0 Å². The van der Waals surface area contributed by atoms with Crippen molar-refractivity contribution in [2.24, 2.45) is 0 Å². The highest BCUT2D eigenvalue weighted by atomic mass is 32.2. The molecule has 0 spiro atoms. The van der Waals surface area contributed by atoms with Gasteiger partial charge < -0.3 is 9.47 Å². The van der Waals surface area contributed by atoms with Crippen molar-refractivity contribution in [3.63, 3.8) is 0 Å². The minimum Gasteiger partial charge on any atom is -0.339 e. The van der Waals surface area contributed by atoms with Gasteiger partial charge in [0.2, 0.25) is 15.9 Å². The Labute approximate surface area is 205 Å². The number of hydrogen-bond acceptors (Lipinski definition) is 6. The highest BCUT2D eigenvalue weighted by Crippen LogP contribution is 2.19. The van der Waals surface area contributed by atoms with Crippen LogP contribution in [0.15, 0.2) is 64.5 Å². The molecule has 9 nitrogen and oxygen atoms in total. The molecule has 3 aromatic rings. The van der Waals surface area contributed by atoms with Crippen molar-refractivity contribution in [2.45, 2.75) is 31.8 Å². The first-order valence-corrected chi connectivity index (χ1v) is 13.3. The van der Waals surface area contributed by atoms with E-state index in [1.54, 1.807) is 24.9 Å². The van der Waals surface area contributed by atoms with Gasteiger partial charge in [-0.15, -0.1) is 0 Å². The molecule has 1 aromatic carbocycles. The summed E-state index contributed by atoms with van der Waals surface area (Å²) in [6.07, 6.45) is 3.07. The van der Waals surface area contributed by atoms with E-state index >= 15 is 0 Å². The third kappa shape index (κ3) is 5.44. The zero-order chi connectivity index (χ0) is 25.0. The lowest BCUT2D eigenvalue weighted by molar-refractivity contribution is -0.133. The molecular formula is C25H31N5O4S. The fraction of sp³-hybridized carbons (Fsp3) is 0.400. The third-order valence-electron chi connectivity index (χ3n) is 6.44. The summed E-state index contributed by atoms with van der Waals surface area (Å²) in [7, 11) is -3.72. The van der Waals surface area contributed by atoms with Gasteiger partial charge in [-0.2, -0.15) is 4.31 Å². The second-order valence-corrected chi connectivity index (χ2v) is 10.5. The van der Waals surface area contributed by atoms with E-state index in [9.17, 15) is 18.0 Å². The van der Waals surface area contributed by atoms with Crippen LogP contribution in [0.3, 0.4) is 0 Å². The minimum atomic E-state index is -3.72. The lowest BCUT2D eigenvalue weighted by Gasteiger charge is -2.35. The molecule has 2 aromatic heterocycles. The van der Waals surface area contributed by atoms with E-state index < -0.39 is 15.6 Å². The van der Waals surface area contributed by atoms with E-state index in [1.165, 1.54) is 27.2 Å². The number of piperazine rings is 1. The van der Waals surface area contributed by atoms with Crippen molar-refractivity contribution < 1.29 is 13.2 Å². The number of carbonyl (C=O) groups excluding carboxylic acids is 1. The number of hydrogen-bond donors (Lipinski definition) is 0. The second-order valence-electron chi connectivity index (χ2n) is 8.57. The smallest absolute Gasteiger partial charge is 0.251 e. The first-order valence-electron chi connectivity index (χ1n) is 11.9. The number of fused-ring (bicyclic) bond motifs is 1. The lowest BCUT2D eigenvalue weighted by Crippen LogP contribution is -2.49. The molecule has 0 unspecified atom stereocenters. The molecule has 1 amide bonds. The molecule has 10 heteroatoms. The van der Waals surface area contributed by atoms with E-state index in [0.29, 0.717) is 39.3 Å². The van der Waals surface area contributed by atoms with Gasteiger partial charge in [-0.25, -0.2) is 8.42 Å². The topological polar surface area (TPSA) is 95.8 Å². The number of carbonyl (C=O) groups is 1. The Balaban J connectivity index is 1.40. The molecule has 1 saturated heterocycles. The maximum atomic E-state index is 12.9. The van der Waals surface area contributed by atoms with Crippen molar-refractivity contribution in [3.05, 3.63) is 70.8 Å². The summed E-state index contributed by atoms with van der Waals surface area (Å²) < 4.78 is 28.1. The van der Waals surface area contributed by atoms with Gasteiger partial charge in [-0.3, -0.25) is 19.5 Å². The van der Waals surface area contributed by atoms with Crippen molar-refractivity contribution >= 4 is 26.8 Å². The number of nitrogens with zero attached hydrogens (tertiary/aromatic N) is 5. The van der Waals surface area contributed by atoms with Crippen LogP contribution >= 0.6 is 0 Å². The molecule has 3 heterocycles. The first kappa shape index (κ1) is 25.0. The third-order valence-corrected chi connectivity index (χ3v) is 8.47. The van der Waals surface area contributed by atoms with Gasteiger partial charge in [-0.1, -0.05) is 38.1 Å². The second kappa shape index (κ2) is 10.7.